The molecule has 0 aromatic carbocycles. The fourth-order valence-electron chi connectivity index (χ4n) is 2.86. The Kier molecular flexibility index (Phi) is 3.09. The molecule has 5 heteroatoms. The molecule has 2 aliphatic rings. The van der Waals surface area contributed by atoms with Crippen LogP contribution in [0.5, 0.6) is 0 Å². The van der Waals surface area contributed by atoms with Gasteiger partial charge < -0.3 is 9.80 Å². The molecule has 0 saturated heterocycles. The van der Waals surface area contributed by atoms with Crippen molar-refractivity contribution >= 4 is 5.91 Å². The molecule has 3 rings (SSSR count). The third kappa shape index (κ3) is 2.27. The van der Waals surface area contributed by atoms with E-state index in [0.717, 1.165) is 26.1 Å². The van der Waals surface area contributed by atoms with Crippen LogP contribution in [-0.4, -0.2) is 53.2 Å². The number of hydrogen-bond acceptors (Lipinski definition) is 3. The normalized spacial score (nSPS) is 19.9. The van der Waals surface area contributed by atoms with Gasteiger partial charge in [-0.1, -0.05) is 0 Å². The van der Waals surface area contributed by atoms with Gasteiger partial charge in [-0.3, -0.25) is 9.48 Å². The van der Waals surface area contributed by atoms with Crippen molar-refractivity contribution < 1.29 is 4.79 Å². The van der Waals surface area contributed by atoms with Gasteiger partial charge in [0.2, 0.25) is 0 Å². The molecule has 1 amide bonds. The van der Waals surface area contributed by atoms with Crippen LogP contribution in [0.3, 0.4) is 0 Å². The summed E-state index contributed by atoms with van der Waals surface area (Å²) in [4.78, 5) is 16.3. The Hall–Kier alpha value is -1.36. The minimum Gasteiger partial charge on any atom is -0.343 e. The third-order valence-corrected chi connectivity index (χ3v) is 4.02. The van der Waals surface area contributed by atoms with Gasteiger partial charge in [0.1, 0.15) is 0 Å². The lowest BCUT2D eigenvalue weighted by Gasteiger charge is -2.14. The number of hydrogen-bond donors (Lipinski definition) is 0. The molecule has 0 unspecified atom stereocenters. The summed E-state index contributed by atoms with van der Waals surface area (Å²) < 4.78 is 2.08. The molecule has 1 aliphatic carbocycles. The number of aryl methyl sites for hydroxylation is 1. The first-order valence-corrected chi connectivity index (χ1v) is 7.07. The molecule has 1 fully saturated rings. The summed E-state index contributed by atoms with van der Waals surface area (Å²) in [5.41, 5.74) is 3.19. The van der Waals surface area contributed by atoms with Gasteiger partial charge in [0.25, 0.3) is 5.91 Å². The number of nitrogens with zero attached hydrogens (tertiary/aromatic N) is 4. The molecule has 1 aromatic heterocycles. The van der Waals surface area contributed by atoms with Gasteiger partial charge in [-0.25, -0.2) is 0 Å². The second-order valence-electron chi connectivity index (χ2n) is 6.00. The maximum Gasteiger partial charge on any atom is 0.274 e. The molecule has 5 nitrogen and oxygen atoms in total. The zero-order valence-corrected chi connectivity index (χ0v) is 12.0. The lowest BCUT2D eigenvalue weighted by atomic mass is 10.1. The van der Waals surface area contributed by atoms with E-state index >= 15 is 0 Å². The van der Waals surface area contributed by atoms with Gasteiger partial charge >= 0.3 is 0 Å². The smallest absolute Gasteiger partial charge is 0.274 e. The minimum atomic E-state index is 0.0464. The van der Waals surface area contributed by atoms with E-state index < -0.39 is 0 Å². The van der Waals surface area contributed by atoms with E-state index in [1.807, 2.05) is 0 Å². The number of fused-ring (bicyclic) bond motifs is 1. The highest BCUT2D eigenvalue weighted by Crippen LogP contribution is 2.44. The minimum absolute atomic E-state index is 0.0464. The molecule has 1 aromatic rings. The van der Waals surface area contributed by atoms with E-state index in [0.29, 0.717) is 11.6 Å². The van der Waals surface area contributed by atoms with Crippen molar-refractivity contribution in [1.29, 1.82) is 0 Å². The molecule has 19 heavy (non-hydrogen) atoms. The van der Waals surface area contributed by atoms with Crippen molar-refractivity contribution in [2.75, 3.05) is 27.7 Å². The van der Waals surface area contributed by atoms with E-state index in [2.05, 4.69) is 21.7 Å². The Balaban J connectivity index is 2.06. The quantitative estimate of drug-likeness (QED) is 0.806. The molecular weight excluding hydrogens is 240 g/mol. The SMILES string of the molecule is CN1CCCn2nc(C(=O)N(C)C)c(C3CC3)c2C1. The molecular formula is C14H22N4O. The first-order chi connectivity index (χ1) is 9.08. The van der Waals surface area contributed by atoms with E-state index in [1.54, 1.807) is 19.0 Å². The van der Waals surface area contributed by atoms with Crippen molar-refractivity contribution in [1.82, 2.24) is 19.6 Å². The van der Waals surface area contributed by atoms with E-state index in [1.165, 1.54) is 24.1 Å². The number of amides is 1. The fraction of sp³-hybridized carbons (Fsp3) is 0.714. The first kappa shape index (κ1) is 12.7. The summed E-state index contributed by atoms with van der Waals surface area (Å²) in [6.07, 6.45) is 3.51. The summed E-state index contributed by atoms with van der Waals surface area (Å²) in [6.45, 7) is 2.95. The molecule has 1 aliphatic heterocycles. The first-order valence-electron chi connectivity index (χ1n) is 7.07. The van der Waals surface area contributed by atoms with Crippen molar-refractivity contribution in [3.63, 3.8) is 0 Å². The zero-order valence-electron chi connectivity index (χ0n) is 12.0. The number of carbonyl (C=O) groups is 1. The highest BCUT2D eigenvalue weighted by atomic mass is 16.2. The third-order valence-electron chi connectivity index (χ3n) is 4.02. The molecule has 0 radical (unpaired) electrons. The molecule has 2 heterocycles. The molecule has 1 saturated carbocycles. The van der Waals surface area contributed by atoms with Crippen molar-refractivity contribution in [2.45, 2.75) is 38.3 Å². The number of rotatable bonds is 2. The molecule has 0 N–H and O–H groups in total. The second kappa shape index (κ2) is 4.63. The predicted octanol–water partition coefficient (Wildman–Crippen LogP) is 1.30. The van der Waals surface area contributed by atoms with Crippen LogP contribution in [0, 0.1) is 0 Å². The Morgan fingerprint density at radius 2 is 2.05 bits per heavy atom. The van der Waals surface area contributed by atoms with Gasteiger partial charge in [-0.15, -0.1) is 0 Å². The van der Waals surface area contributed by atoms with Crippen LogP contribution in [0.1, 0.15) is 46.9 Å². The van der Waals surface area contributed by atoms with Gasteiger partial charge in [-0.05, 0) is 32.2 Å². The second-order valence-corrected chi connectivity index (χ2v) is 6.00. The van der Waals surface area contributed by atoms with Crippen LogP contribution in [-0.2, 0) is 13.1 Å². The van der Waals surface area contributed by atoms with Gasteiger partial charge in [0.15, 0.2) is 5.69 Å². The number of carbonyl (C=O) groups excluding carboxylic acids is 1. The topological polar surface area (TPSA) is 41.4 Å². The summed E-state index contributed by atoms with van der Waals surface area (Å²) >= 11 is 0. The maximum atomic E-state index is 12.3. The van der Waals surface area contributed by atoms with Crippen LogP contribution in [0.15, 0.2) is 0 Å². The van der Waals surface area contributed by atoms with Crippen LogP contribution in [0.4, 0.5) is 0 Å². The van der Waals surface area contributed by atoms with Gasteiger partial charge in [-0.2, -0.15) is 5.10 Å². The Labute approximate surface area is 114 Å². The number of aromatic nitrogens is 2. The van der Waals surface area contributed by atoms with Crippen LogP contribution in [0.2, 0.25) is 0 Å². The average Bonchev–Trinajstić information content (AvgIpc) is 3.15. The Morgan fingerprint density at radius 3 is 2.68 bits per heavy atom. The predicted molar refractivity (Wildman–Crippen MR) is 73.2 cm³/mol. The largest absolute Gasteiger partial charge is 0.343 e. The van der Waals surface area contributed by atoms with Gasteiger partial charge in [0, 0.05) is 39.3 Å². The van der Waals surface area contributed by atoms with Crippen molar-refractivity contribution in [3.8, 4) is 0 Å². The summed E-state index contributed by atoms with van der Waals surface area (Å²) in [7, 11) is 5.75. The van der Waals surface area contributed by atoms with Crippen LogP contribution in [0.25, 0.3) is 0 Å². The molecule has 0 bridgehead atoms. The van der Waals surface area contributed by atoms with Crippen molar-refractivity contribution in [3.05, 3.63) is 17.0 Å². The summed E-state index contributed by atoms with van der Waals surface area (Å²) in [5.74, 6) is 0.610. The maximum absolute atomic E-state index is 12.3. The van der Waals surface area contributed by atoms with Crippen LogP contribution >= 0.6 is 0 Å². The fourth-order valence-corrected chi connectivity index (χ4v) is 2.86. The van der Waals surface area contributed by atoms with Crippen LogP contribution < -0.4 is 0 Å². The summed E-state index contributed by atoms with van der Waals surface area (Å²) in [5, 5.41) is 4.63. The standard InChI is InChI=1S/C14H22N4O/c1-16(2)14(19)13-12(10-5-6-10)11-9-17(3)7-4-8-18(11)15-13/h10H,4-9H2,1-3H3. The molecule has 0 spiro atoms. The zero-order chi connectivity index (χ0) is 13.6. The lowest BCUT2D eigenvalue weighted by molar-refractivity contribution is 0.0820. The molecule has 0 atom stereocenters. The highest BCUT2D eigenvalue weighted by Gasteiger charge is 2.35. The highest BCUT2D eigenvalue weighted by molar-refractivity contribution is 5.94. The summed E-state index contributed by atoms with van der Waals surface area (Å²) in [6, 6.07) is 0. The molecule has 104 valence electrons. The monoisotopic (exact) mass is 262 g/mol. The van der Waals surface area contributed by atoms with E-state index in [9.17, 15) is 4.79 Å². The lowest BCUT2D eigenvalue weighted by Crippen LogP contribution is -2.24. The van der Waals surface area contributed by atoms with Gasteiger partial charge in [0.05, 0.1) is 5.69 Å². The van der Waals surface area contributed by atoms with E-state index in [-0.39, 0.29) is 5.91 Å². The Morgan fingerprint density at radius 1 is 1.32 bits per heavy atom. The average molecular weight is 262 g/mol. The van der Waals surface area contributed by atoms with E-state index in [4.69, 9.17) is 0 Å². The van der Waals surface area contributed by atoms with Crippen molar-refractivity contribution in [2.24, 2.45) is 0 Å². The Bertz CT molecular complexity index is 502.